The van der Waals surface area contributed by atoms with Crippen molar-refractivity contribution in [2.45, 2.75) is 19.1 Å². The average Bonchev–Trinajstić information content (AvgIpc) is 2.34. The van der Waals surface area contributed by atoms with E-state index < -0.39 is 12.2 Å². The van der Waals surface area contributed by atoms with E-state index >= 15 is 0 Å². The minimum Gasteiger partial charge on any atom is -0.390 e. The molecule has 0 spiro atoms. The van der Waals surface area contributed by atoms with Crippen LogP contribution in [0.4, 0.5) is 0 Å². The molecule has 0 radical (unpaired) electrons. The molecule has 0 aromatic heterocycles. The van der Waals surface area contributed by atoms with Crippen LogP contribution >= 0.6 is 0 Å². The summed E-state index contributed by atoms with van der Waals surface area (Å²) in [6.45, 7) is 1.13. The lowest BCUT2D eigenvalue weighted by atomic mass is 9.96. The zero-order chi connectivity index (χ0) is 12.8. The van der Waals surface area contributed by atoms with Crippen molar-refractivity contribution < 1.29 is 15.0 Å². The normalized spacial score (nSPS) is 13.6. The van der Waals surface area contributed by atoms with Crippen LogP contribution in [0.3, 0.4) is 0 Å². The summed E-state index contributed by atoms with van der Waals surface area (Å²) in [6.07, 6.45) is -2.48. The highest BCUT2D eigenvalue weighted by Crippen LogP contribution is 2.21. The Kier molecular flexibility index (Phi) is 4.66. The summed E-state index contributed by atoms with van der Waals surface area (Å²) in [6, 6.07) is 6.46. The number of nitrogens with zero attached hydrogens (tertiary/aromatic N) is 3. The Morgan fingerprint density at radius 2 is 2.12 bits per heavy atom. The predicted molar refractivity (Wildman–Crippen MR) is 61.4 cm³/mol. The third kappa shape index (κ3) is 3.29. The molecule has 0 bridgehead atoms. The Labute approximate surface area is 98.1 Å². The molecule has 2 atom stereocenters. The first kappa shape index (κ1) is 13.2. The second-order valence-electron chi connectivity index (χ2n) is 3.57. The standard InChI is InChI=1S/C11H13N3O3/c1-7(15)8-4-2-3-5-9(8)11(17)10(16)6-13-14-12/h2-5,10-11,16-17H,6H2,1H3. The lowest BCUT2D eigenvalue weighted by molar-refractivity contribution is 0.0239. The van der Waals surface area contributed by atoms with Gasteiger partial charge in [-0.2, -0.15) is 0 Å². The highest BCUT2D eigenvalue weighted by molar-refractivity contribution is 5.95. The van der Waals surface area contributed by atoms with E-state index in [1.54, 1.807) is 24.3 Å². The number of Topliss-reactive ketones (excluding diaryl/α,β-unsaturated/α-hetero) is 1. The first-order valence-electron chi connectivity index (χ1n) is 5.04. The quantitative estimate of drug-likeness (QED) is 0.350. The van der Waals surface area contributed by atoms with Crippen LogP contribution in [0.5, 0.6) is 0 Å². The monoisotopic (exact) mass is 235 g/mol. The van der Waals surface area contributed by atoms with Gasteiger partial charge in [-0.05, 0) is 18.0 Å². The van der Waals surface area contributed by atoms with E-state index in [-0.39, 0.29) is 12.3 Å². The molecule has 1 aromatic carbocycles. The van der Waals surface area contributed by atoms with Gasteiger partial charge in [0.15, 0.2) is 5.78 Å². The number of hydrogen-bond acceptors (Lipinski definition) is 4. The Bertz CT molecular complexity index is 455. The number of aliphatic hydroxyl groups is 2. The molecule has 17 heavy (non-hydrogen) atoms. The summed E-state index contributed by atoms with van der Waals surface area (Å²) >= 11 is 0. The number of benzene rings is 1. The van der Waals surface area contributed by atoms with Crippen molar-refractivity contribution in [2.75, 3.05) is 6.54 Å². The number of carbonyl (C=O) groups is 1. The molecule has 0 saturated carbocycles. The van der Waals surface area contributed by atoms with E-state index in [1.165, 1.54) is 6.92 Å². The van der Waals surface area contributed by atoms with Crippen molar-refractivity contribution in [1.82, 2.24) is 0 Å². The van der Waals surface area contributed by atoms with Crippen LogP contribution in [0.25, 0.3) is 10.4 Å². The van der Waals surface area contributed by atoms with E-state index in [0.717, 1.165) is 0 Å². The molecule has 1 rings (SSSR count). The zero-order valence-electron chi connectivity index (χ0n) is 9.32. The fraction of sp³-hybridized carbons (Fsp3) is 0.364. The van der Waals surface area contributed by atoms with Crippen molar-refractivity contribution in [1.29, 1.82) is 0 Å². The van der Waals surface area contributed by atoms with E-state index in [9.17, 15) is 15.0 Å². The summed E-state index contributed by atoms with van der Waals surface area (Å²) < 4.78 is 0. The molecule has 6 heteroatoms. The second kappa shape index (κ2) is 6.00. The minimum absolute atomic E-state index is 0.198. The molecule has 0 amide bonds. The van der Waals surface area contributed by atoms with Crippen LogP contribution in [0.2, 0.25) is 0 Å². The summed E-state index contributed by atoms with van der Waals surface area (Å²) in [7, 11) is 0. The molecule has 0 fully saturated rings. The number of hydrogen-bond donors (Lipinski definition) is 2. The van der Waals surface area contributed by atoms with Gasteiger partial charge in [-0.3, -0.25) is 4.79 Å². The van der Waals surface area contributed by atoms with Crippen molar-refractivity contribution in [3.05, 3.63) is 45.8 Å². The first-order chi connectivity index (χ1) is 8.07. The lowest BCUT2D eigenvalue weighted by Gasteiger charge is -2.18. The smallest absolute Gasteiger partial charge is 0.160 e. The number of azide groups is 1. The predicted octanol–water partition coefficient (Wildman–Crippen LogP) is 1.59. The molecule has 0 aliphatic carbocycles. The van der Waals surface area contributed by atoms with Gasteiger partial charge in [-0.15, -0.1) is 0 Å². The van der Waals surface area contributed by atoms with Crippen molar-refractivity contribution in [2.24, 2.45) is 5.11 Å². The van der Waals surface area contributed by atoms with Gasteiger partial charge in [-0.25, -0.2) is 0 Å². The topological polar surface area (TPSA) is 106 Å². The summed E-state index contributed by atoms with van der Waals surface area (Å²) in [5.41, 5.74) is 8.80. The first-order valence-corrected chi connectivity index (χ1v) is 5.04. The maximum Gasteiger partial charge on any atom is 0.160 e. The van der Waals surface area contributed by atoms with Gasteiger partial charge < -0.3 is 10.2 Å². The fourth-order valence-electron chi connectivity index (χ4n) is 1.50. The molecule has 2 N–H and O–H groups in total. The minimum atomic E-state index is -1.25. The lowest BCUT2D eigenvalue weighted by Crippen LogP contribution is -2.22. The largest absolute Gasteiger partial charge is 0.390 e. The van der Waals surface area contributed by atoms with Crippen LogP contribution in [-0.4, -0.2) is 28.6 Å². The Balaban J connectivity index is 2.98. The molecule has 6 nitrogen and oxygen atoms in total. The summed E-state index contributed by atoms with van der Waals surface area (Å²) in [4.78, 5) is 13.8. The zero-order valence-corrected chi connectivity index (χ0v) is 9.32. The molecule has 0 heterocycles. The maximum absolute atomic E-state index is 11.3. The molecule has 90 valence electrons. The van der Waals surface area contributed by atoms with Crippen LogP contribution < -0.4 is 0 Å². The van der Waals surface area contributed by atoms with Crippen LogP contribution in [0, 0.1) is 0 Å². The number of carbonyl (C=O) groups excluding carboxylic acids is 1. The maximum atomic E-state index is 11.3. The van der Waals surface area contributed by atoms with Gasteiger partial charge in [0.05, 0.1) is 12.6 Å². The molecule has 0 saturated heterocycles. The Morgan fingerprint density at radius 1 is 1.47 bits per heavy atom. The van der Waals surface area contributed by atoms with Gasteiger partial charge in [-0.1, -0.05) is 29.4 Å². The average molecular weight is 235 g/mol. The van der Waals surface area contributed by atoms with E-state index in [1.807, 2.05) is 0 Å². The van der Waals surface area contributed by atoms with Gasteiger partial charge in [0.2, 0.25) is 0 Å². The number of ketones is 1. The molecule has 0 aliphatic heterocycles. The molecule has 1 aromatic rings. The summed E-state index contributed by atoms with van der Waals surface area (Å²) in [5, 5.41) is 22.6. The Hall–Kier alpha value is -1.88. The third-order valence-electron chi connectivity index (χ3n) is 2.36. The highest BCUT2D eigenvalue weighted by atomic mass is 16.3. The Morgan fingerprint density at radius 3 is 2.71 bits per heavy atom. The highest BCUT2D eigenvalue weighted by Gasteiger charge is 2.21. The van der Waals surface area contributed by atoms with Crippen molar-refractivity contribution in [3.63, 3.8) is 0 Å². The van der Waals surface area contributed by atoms with Crippen molar-refractivity contribution >= 4 is 5.78 Å². The van der Waals surface area contributed by atoms with Gasteiger partial charge >= 0.3 is 0 Å². The summed E-state index contributed by atoms with van der Waals surface area (Å²) in [5.74, 6) is -0.198. The van der Waals surface area contributed by atoms with Gasteiger partial charge in [0, 0.05) is 10.5 Å². The SMILES string of the molecule is CC(=O)c1ccccc1C(O)C(O)CN=[N+]=[N-]. The molecular formula is C11H13N3O3. The fourth-order valence-corrected chi connectivity index (χ4v) is 1.50. The second-order valence-corrected chi connectivity index (χ2v) is 3.57. The van der Waals surface area contributed by atoms with E-state index in [2.05, 4.69) is 10.0 Å². The number of aliphatic hydroxyl groups excluding tert-OH is 2. The third-order valence-corrected chi connectivity index (χ3v) is 2.36. The van der Waals surface area contributed by atoms with Gasteiger partial charge in [0.1, 0.15) is 6.10 Å². The van der Waals surface area contributed by atoms with Crippen LogP contribution in [-0.2, 0) is 0 Å². The van der Waals surface area contributed by atoms with Crippen molar-refractivity contribution in [3.8, 4) is 0 Å². The molecular weight excluding hydrogens is 222 g/mol. The molecule has 2 unspecified atom stereocenters. The van der Waals surface area contributed by atoms with Crippen LogP contribution in [0.15, 0.2) is 29.4 Å². The van der Waals surface area contributed by atoms with Crippen LogP contribution in [0.1, 0.15) is 28.9 Å². The van der Waals surface area contributed by atoms with E-state index in [4.69, 9.17) is 5.53 Å². The molecule has 0 aliphatic rings. The van der Waals surface area contributed by atoms with E-state index in [0.29, 0.717) is 11.1 Å². The number of rotatable bonds is 5. The van der Waals surface area contributed by atoms with Gasteiger partial charge in [0.25, 0.3) is 0 Å².